The van der Waals surface area contributed by atoms with Gasteiger partial charge in [0.2, 0.25) is 0 Å². The van der Waals surface area contributed by atoms with E-state index in [1.807, 2.05) is 0 Å². The van der Waals surface area contributed by atoms with Gasteiger partial charge >= 0.3 is 20.4 Å². The van der Waals surface area contributed by atoms with Crippen LogP contribution < -0.4 is 0 Å². The van der Waals surface area contributed by atoms with E-state index in [0.29, 0.717) is 12.2 Å². The van der Waals surface area contributed by atoms with Crippen molar-refractivity contribution in [1.29, 1.82) is 5.26 Å². The second-order valence-electron chi connectivity index (χ2n) is 9.39. The third kappa shape index (κ3) is 9.12. The Balaban J connectivity index is 0. The quantitative estimate of drug-likeness (QED) is 0.220. The fourth-order valence-corrected chi connectivity index (χ4v) is 9.55. The summed E-state index contributed by atoms with van der Waals surface area (Å²) in [4.78, 5) is 0. The number of allylic oxidation sites excluding steroid dienone is 2. The Bertz CT molecular complexity index is 479. The van der Waals surface area contributed by atoms with Crippen LogP contribution >= 0.6 is 7.92 Å². The van der Waals surface area contributed by atoms with Crippen LogP contribution in [-0.4, -0.2) is 29.2 Å². The van der Waals surface area contributed by atoms with E-state index in [9.17, 15) is 0 Å². The predicted octanol–water partition coefficient (Wildman–Crippen LogP) is 7.22. The van der Waals surface area contributed by atoms with Crippen LogP contribution in [0.2, 0.25) is 0 Å². The summed E-state index contributed by atoms with van der Waals surface area (Å²) in [7, 11) is -0.0957. The molecule has 0 aromatic carbocycles. The Hall–Kier alpha value is 0.282. The Morgan fingerprint density at radius 1 is 1.03 bits per heavy atom. The summed E-state index contributed by atoms with van der Waals surface area (Å²) in [5.74, 6) is 3.16. The molecule has 3 aliphatic rings. The number of hydrogen-bond donors (Lipinski definition) is 0. The molecule has 2 nitrogen and oxygen atoms in total. The Kier molecular flexibility index (Phi) is 16.4. The zero-order valence-electron chi connectivity index (χ0n) is 19.4. The van der Waals surface area contributed by atoms with Gasteiger partial charge in [-0.3, -0.25) is 12.5 Å². The summed E-state index contributed by atoms with van der Waals surface area (Å²) in [6.07, 6.45) is 11.6. The van der Waals surface area contributed by atoms with Gasteiger partial charge < -0.3 is 10.8 Å². The molecule has 0 saturated heterocycles. The standard InChI is InChI=1S/C13H18O.C9H21P.C2H3N.CH4.Pd/c1-8(2)14-13-7-9-6-12(13)11-5-3-4-10(9)11;1-7(2)10(8(3)4)9(5)6;1-2-3;;/h3,7-13H,5-6H2,1-2H3;7-9H,1-6H3;1H3;1H4;/q-2;;;;+2/p+1. The molecular weight excluding hydrogens is 468 g/mol. The van der Waals surface area contributed by atoms with Crippen LogP contribution in [0.15, 0.2) is 6.08 Å². The van der Waals surface area contributed by atoms with E-state index in [4.69, 9.17) is 10.00 Å². The first kappa shape index (κ1) is 31.5. The van der Waals surface area contributed by atoms with Crippen LogP contribution in [0.1, 0.15) is 82.6 Å². The van der Waals surface area contributed by atoms with Crippen LogP contribution in [0.25, 0.3) is 0 Å². The first-order valence-electron chi connectivity index (χ1n) is 10.9. The number of nitriles is 1. The van der Waals surface area contributed by atoms with E-state index in [0.717, 1.165) is 40.6 Å². The maximum absolute atomic E-state index is 7.32. The molecule has 3 aliphatic carbocycles. The molecule has 2 fully saturated rings. The van der Waals surface area contributed by atoms with Crippen molar-refractivity contribution in [2.24, 2.45) is 23.7 Å². The van der Waals surface area contributed by atoms with Gasteiger partial charge in [-0.2, -0.15) is 17.1 Å². The van der Waals surface area contributed by atoms with Gasteiger partial charge in [0.25, 0.3) is 0 Å². The molecule has 0 aliphatic heterocycles. The Morgan fingerprint density at radius 2 is 1.52 bits per heavy atom. The second-order valence-corrected chi connectivity index (χ2v) is 13.9. The minimum atomic E-state index is -0.0957. The van der Waals surface area contributed by atoms with Gasteiger partial charge in [0.1, 0.15) is 0 Å². The fourth-order valence-electron chi connectivity index (χ4n) is 5.55. The molecule has 0 spiro atoms. The minimum Gasteiger partial charge on any atom is -0.499 e. The van der Waals surface area contributed by atoms with Crippen LogP contribution in [0.3, 0.4) is 0 Å². The predicted molar refractivity (Wildman–Crippen MR) is 127 cm³/mol. The first-order chi connectivity index (χ1) is 12.6. The number of nitrogens with zero attached hydrogens (tertiary/aromatic N) is 1. The average Bonchev–Trinajstić information content (AvgIpc) is 3.18. The van der Waals surface area contributed by atoms with Crippen LogP contribution in [0, 0.1) is 47.5 Å². The molecule has 0 amide bonds. The molecule has 0 aromatic rings. The summed E-state index contributed by atoms with van der Waals surface area (Å²) in [5, 5.41) is 7.32. The van der Waals surface area contributed by atoms with Crippen molar-refractivity contribution in [3.05, 3.63) is 18.6 Å². The van der Waals surface area contributed by atoms with Crippen molar-refractivity contribution in [2.45, 2.75) is 112 Å². The summed E-state index contributed by atoms with van der Waals surface area (Å²) in [6.45, 7) is 19.9. The van der Waals surface area contributed by atoms with Gasteiger partial charge in [-0.15, -0.1) is 0 Å². The maximum Gasteiger partial charge on any atom is 2.00 e. The van der Waals surface area contributed by atoms with Gasteiger partial charge in [0.15, 0.2) is 0 Å². The molecular formula is C25H47NOPPd+. The molecule has 2 saturated carbocycles. The molecule has 0 aromatic heterocycles. The fraction of sp³-hybridized carbons (Fsp3) is 0.840. The molecule has 2 bridgehead atoms. The normalized spacial score (nSPS) is 28.4. The largest absolute Gasteiger partial charge is 2.00 e. The zero-order valence-corrected chi connectivity index (χ0v) is 22.0. The van der Waals surface area contributed by atoms with E-state index in [1.165, 1.54) is 19.8 Å². The summed E-state index contributed by atoms with van der Waals surface area (Å²) >= 11 is 0. The van der Waals surface area contributed by atoms with Crippen LogP contribution in [0.4, 0.5) is 0 Å². The first-order valence-corrected chi connectivity index (χ1v) is 12.6. The SMILES string of the molecule is C.CC#N.CC(C)OC1[CH-]C2CC1C1CC=[C-]C21.CC(C)[PH+](C(C)C)C(C)C.[Pd+2]. The van der Waals surface area contributed by atoms with E-state index >= 15 is 0 Å². The van der Waals surface area contributed by atoms with Gasteiger partial charge in [0.05, 0.1) is 23.0 Å². The van der Waals surface area contributed by atoms with E-state index in [2.05, 4.69) is 74.0 Å². The average molecular weight is 515 g/mol. The number of rotatable bonds is 5. The van der Waals surface area contributed by atoms with E-state index in [-0.39, 0.29) is 35.8 Å². The van der Waals surface area contributed by atoms with Gasteiger partial charge in [-0.05, 0) is 61.3 Å². The third-order valence-corrected chi connectivity index (χ3v) is 10.0. The summed E-state index contributed by atoms with van der Waals surface area (Å²) in [5.41, 5.74) is 2.81. The van der Waals surface area contributed by atoms with Crippen molar-refractivity contribution in [3.8, 4) is 6.07 Å². The summed E-state index contributed by atoms with van der Waals surface area (Å²) < 4.78 is 5.96. The zero-order chi connectivity index (χ0) is 20.7. The molecule has 4 heteroatoms. The Labute approximate surface area is 198 Å². The monoisotopic (exact) mass is 514 g/mol. The number of fused-ring (bicyclic) bond motifs is 5. The third-order valence-electron chi connectivity index (χ3n) is 6.01. The molecule has 0 N–H and O–H groups in total. The van der Waals surface area contributed by atoms with Gasteiger partial charge in [-0.1, -0.05) is 32.3 Å². The minimum absolute atomic E-state index is 0. The van der Waals surface area contributed by atoms with E-state index < -0.39 is 0 Å². The number of hydrogen-bond acceptors (Lipinski definition) is 2. The molecule has 3 rings (SSSR count). The molecule has 29 heavy (non-hydrogen) atoms. The van der Waals surface area contributed by atoms with Crippen LogP contribution in [-0.2, 0) is 25.2 Å². The topological polar surface area (TPSA) is 33.0 Å². The van der Waals surface area contributed by atoms with Crippen molar-refractivity contribution < 1.29 is 25.2 Å². The molecule has 0 heterocycles. The second kappa shape index (κ2) is 15.1. The van der Waals surface area contributed by atoms with E-state index in [1.54, 1.807) is 6.07 Å². The maximum atomic E-state index is 7.32. The van der Waals surface area contributed by atoms with Crippen molar-refractivity contribution in [1.82, 2.24) is 0 Å². The summed E-state index contributed by atoms with van der Waals surface area (Å²) in [6, 6.07) is 1.75. The van der Waals surface area contributed by atoms with Crippen molar-refractivity contribution in [3.63, 3.8) is 0 Å². The molecule has 5 unspecified atom stereocenters. The van der Waals surface area contributed by atoms with Gasteiger partial charge in [-0.25, -0.2) is 0 Å². The van der Waals surface area contributed by atoms with Crippen LogP contribution in [0.5, 0.6) is 0 Å². The van der Waals surface area contributed by atoms with Gasteiger partial charge in [0, 0.05) is 20.9 Å². The molecule has 172 valence electrons. The smallest absolute Gasteiger partial charge is 0.499 e. The van der Waals surface area contributed by atoms with Crippen molar-refractivity contribution >= 4 is 7.92 Å². The van der Waals surface area contributed by atoms with Crippen molar-refractivity contribution in [2.75, 3.05) is 0 Å². The molecule has 5 atom stereocenters. The molecule has 0 radical (unpaired) electrons. The Morgan fingerprint density at radius 3 is 1.90 bits per heavy atom. The number of ether oxygens (including phenoxy) is 1.